The molecule has 0 aromatic heterocycles. The average Bonchev–Trinajstić information content (AvgIpc) is 3.30. The van der Waals surface area contributed by atoms with Gasteiger partial charge in [0.1, 0.15) is 30.1 Å². The fourth-order valence-electron chi connectivity index (χ4n) is 6.17. The Bertz CT molecular complexity index is 1310. The molecule has 1 saturated carbocycles. The number of unbranched alkanes of at least 4 members (excludes halogenated alkanes) is 1. The molecule has 1 aliphatic carbocycles. The van der Waals surface area contributed by atoms with E-state index >= 15 is 0 Å². The highest BCUT2D eigenvalue weighted by Gasteiger charge is 2.54. The maximum absolute atomic E-state index is 13.4. The predicted molar refractivity (Wildman–Crippen MR) is 187 cm³/mol. The van der Waals surface area contributed by atoms with Crippen LogP contribution in [-0.4, -0.2) is 83.3 Å². The Morgan fingerprint density at radius 2 is 1.53 bits per heavy atom. The molecule has 1 heterocycles. The van der Waals surface area contributed by atoms with Gasteiger partial charge >= 0.3 is 30.1 Å². The average molecular weight is 719 g/mol. The van der Waals surface area contributed by atoms with E-state index in [-0.39, 0.29) is 19.6 Å². The van der Waals surface area contributed by atoms with E-state index in [0.29, 0.717) is 25.2 Å². The molecule has 1 saturated heterocycles. The van der Waals surface area contributed by atoms with Gasteiger partial charge < -0.3 is 33.7 Å². The van der Waals surface area contributed by atoms with Crippen LogP contribution in [0.25, 0.3) is 0 Å². The number of carbonyl (C=O) groups is 5. The predicted octanol–water partition coefficient (Wildman–Crippen LogP) is 6.59. The molecule has 0 radical (unpaired) electrons. The molecule has 1 N–H and O–H groups in total. The second-order valence-corrected chi connectivity index (χ2v) is 15.7. The van der Waals surface area contributed by atoms with Gasteiger partial charge in [-0.05, 0) is 86.1 Å². The highest BCUT2D eigenvalue weighted by molar-refractivity contribution is 5.82. The molecular formula is C38H58N2O11. The number of ether oxygens (including phenoxy) is 6. The number of benzene rings is 1. The first-order valence-corrected chi connectivity index (χ1v) is 18.1. The van der Waals surface area contributed by atoms with Crippen LogP contribution < -0.4 is 5.32 Å². The summed E-state index contributed by atoms with van der Waals surface area (Å²) in [7, 11) is 0. The molecule has 13 heteroatoms. The second kappa shape index (κ2) is 18.6. The zero-order chi connectivity index (χ0) is 37.8. The van der Waals surface area contributed by atoms with E-state index in [0.717, 1.165) is 31.2 Å². The summed E-state index contributed by atoms with van der Waals surface area (Å²) in [5.74, 6) is -1.58. The number of amides is 2. The van der Waals surface area contributed by atoms with Gasteiger partial charge in [0.05, 0.1) is 12.6 Å². The van der Waals surface area contributed by atoms with Crippen molar-refractivity contribution in [3.05, 3.63) is 35.9 Å². The minimum absolute atomic E-state index is 0.00806. The van der Waals surface area contributed by atoms with Crippen LogP contribution in [0, 0.1) is 5.92 Å². The summed E-state index contributed by atoms with van der Waals surface area (Å²) in [5.41, 5.74) is -1.88. The molecule has 2 aliphatic rings. The maximum Gasteiger partial charge on any atom is 0.412 e. The first kappa shape index (κ1) is 41.5. The van der Waals surface area contributed by atoms with E-state index in [1.54, 1.807) is 72.4 Å². The van der Waals surface area contributed by atoms with Crippen molar-refractivity contribution in [1.29, 1.82) is 0 Å². The van der Waals surface area contributed by atoms with Crippen LogP contribution in [0.5, 0.6) is 0 Å². The Morgan fingerprint density at radius 1 is 0.882 bits per heavy atom. The molecule has 1 aromatic carbocycles. The standard InChI is InChI=1S/C38H58N2O11/c1-36(2,3)50-32(42)28(39-34(44)48-24-27-19-13-10-14-20-27)25-47-30(41)21-15-16-22-46-33(43)31-29(23-26-17-11-9-12-18-26)40(38(7,8)49-31)35(45)51-37(4,5)6/h10,13-14,19-20,26,28-29,31H,9,11-12,15-18,21-25H2,1-8H3,(H,39,44)/t28-,29-,31+/m0/s1. The van der Waals surface area contributed by atoms with Crippen LogP contribution in [0.4, 0.5) is 9.59 Å². The first-order valence-electron chi connectivity index (χ1n) is 18.1. The smallest absolute Gasteiger partial charge is 0.412 e. The molecule has 51 heavy (non-hydrogen) atoms. The number of hydrogen-bond acceptors (Lipinski definition) is 11. The number of nitrogens with zero attached hydrogens (tertiary/aromatic N) is 1. The molecule has 0 unspecified atom stereocenters. The van der Waals surface area contributed by atoms with E-state index in [1.165, 1.54) is 6.42 Å². The normalized spacial score (nSPS) is 19.8. The van der Waals surface area contributed by atoms with Crippen LogP contribution in [0.1, 0.15) is 119 Å². The molecule has 1 aliphatic heterocycles. The molecule has 2 amide bonds. The highest BCUT2D eigenvalue weighted by atomic mass is 16.6. The molecular weight excluding hydrogens is 660 g/mol. The summed E-state index contributed by atoms with van der Waals surface area (Å²) in [5, 5.41) is 2.42. The van der Waals surface area contributed by atoms with Crippen LogP contribution in [0.3, 0.4) is 0 Å². The lowest BCUT2D eigenvalue weighted by Crippen LogP contribution is -2.51. The van der Waals surface area contributed by atoms with Crippen molar-refractivity contribution in [2.24, 2.45) is 5.92 Å². The lowest BCUT2D eigenvalue weighted by Gasteiger charge is -2.36. The van der Waals surface area contributed by atoms with Gasteiger partial charge in [0.2, 0.25) is 0 Å². The molecule has 2 fully saturated rings. The SMILES string of the molecule is CC(C)(C)OC(=O)[C@H](COC(=O)CCCCOC(=O)[C@@H]1OC(C)(C)N(C(=O)OC(C)(C)C)[C@H]1CC1CCCCC1)NC(=O)OCc1ccccc1. The number of hydrogen-bond donors (Lipinski definition) is 1. The van der Waals surface area contributed by atoms with Gasteiger partial charge in [0.25, 0.3) is 0 Å². The molecule has 0 bridgehead atoms. The van der Waals surface area contributed by atoms with Crippen molar-refractivity contribution >= 4 is 30.1 Å². The van der Waals surface area contributed by atoms with Gasteiger partial charge in [0, 0.05) is 6.42 Å². The summed E-state index contributed by atoms with van der Waals surface area (Å²) in [6.45, 7) is 13.5. The second-order valence-electron chi connectivity index (χ2n) is 15.7. The van der Waals surface area contributed by atoms with E-state index in [4.69, 9.17) is 28.4 Å². The quantitative estimate of drug-likeness (QED) is 0.126. The molecule has 0 spiro atoms. The molecule has 3 atom stereocenters. The van der Waals surface area contributed by atoms with E-state index < -0.39 is 71.8 Å². The number of esters is 3. The zero-order valence-corrected chi connectivity index (χ0v) is 31.6. The summed E-state index contributed by atoms with van der Waals surface area (Å²) in [6, 6.07) is 7.22. The van der Waals surface area contributed by atoms with Gasteiger partial charge in [-0.1, -0.05) is 62.4 Å². The summed E-state index contributed by atoms with van der Waals surface area (Å²) in [4.78, 5) is 66.1. The Labute approximate surface area is 302 Å². The van der Waals surface area contributed by atoms with Crippen LogP contribution in [0.15, 0.2) is 30.3 Å². The maximum atomic E-state index is 13.4. The van der Waals surface area contributed by atoms with Gasteiger partial charge in [-0.15, -0.1) is 0 Å². The third kappa shape index (κ3) is 14.3. The number of nitrogens with one attached hydrogen (secondary N) is 1. The largest absolute Gasteiger partial charge is 0.464 e. The van der Waals surface area contributed by atoms with E-state index in [2.05, 4.69) is 5.32 Å². The Balaban J connectivity index is 1.50. The molecule has 286 valence electrons. The van der Waals surface area contributed by atoms with Crippen molar-refractivity contribution in [3.63, 3.8) is 0 Å². The van der Waals surface area contributed by atoms with Crippen LogP contribution in [-0.2, 0) is 49.4 Å². The first-order chi connectivity index (χ1) is 23.8. The van der Waals surface area contributed by atoms with Gasteiger partial charge in [-0.2, -0.15) is 0 Å². The Hall–Kier alpha value is -3.87. The highest BCUT2D eigenvalue weighted by Crippen LogP contribution is 2.39. The fourth-order valence-corrected chi connectivity index (χ4v) is 6.17. The minimum Gasteiger partial charge on any atom is -0.464 e. The monoisotopic (exact) mass is 718 g/mol. The van der Waals surface area contributed by atoms with Gasteiger partial charge in [-0.25, -0.2) is 19.2 Å². The summed E-state index contributed by atoms with van der Waals surface area (Å²) in [6.07, 6.45) is 4.40. The van der Waals surface area contributed by atoms with Gasteiger partial charge in [-0.3, -0.25) is 9.69 Å². The van der Waals surface area contributed by atoms with Crippen molar-refractivity contribution < 1.29 is 52.4 Å². The van der Waals surface area contributed by atoms with Crippen molar-refractivity contribution in [2.75, 3.05) is 13.2 Å². The zero-order valence-electron chi connectivity index (χ0n) is 31.6. The van der Waals surface area contributed by atoms with E-state index in [1.807, 2.05) is 18.2 Å². The van der Waals surface area contributed by atoms with Crippen molar-refractivity contribution in [1.82, 2.24) is 10.2 Å². The van der Waals surface area contributed by atoms with Crippen LogP contribution in [0.2, 0.25) is 0 Å². The number of rotatable bonds is 14. The Morgan fingerprint density at radius 3 is 2.16 bits per heavy atom. The third-order valence-electron chi connectivity index (χ3n) is 8.43. The number of alkyl carbamates (subject to hydrolysis) is 1. The van der Waals surface area contributed by atoms with Crippen molar-refractivity contribution in [2.45, 2.75) is 155 Å². The summed E-state index contributed by atoms with van der Waals surface area (Å²) >= 11 is 0. The topological polar surface area (TPSA) is 156 Å². The van der Waals surface area contributed by atoms with Crippen LogP contribution >= 0.6 is 0 Å². The van der Waals surface area contributed by atoms with E-state index in [9.17, 15) is 24.0 Å². The molecule has 3 rings (SSSR count). The number of carbonyl (C=O) groups excluding carboxylic acids is 5. The van der Waals surface area contributed by atoms with Gasteiger partial charge in [0.15, 0.2) is 12.1 Å². The Kier molecular flexibility index (Phi) is 15.1. The summed E-state index contributed by atoms with van der Waals surface area (Å²) < 4.78 is 33.4. The fraction of sp³-hybridized carbons (Fsp3) is 0.711. The lowest BCUT2D eigenvalue weighted by atomic mass is 9.83. The van der Waals surface area contributed by atoms with Crippen molar-refractivity contribution in [3.8, 4) is 0 Å². The minimum atomic E-state index is -1.28. The molecule has 13 nitrogen and oxygen atoms in total. The third-order valence-corrected chi connectivity index (χ3v) is 8.43. The lowest BCUT2D eigenvalue weighted by molar-refractivity contribution is -0.162. The molecule has 1 aromatic rings.